The van der Waals surface area contributed by atoms with Crippen molar-refractivity contribution >= 4 is 23.5 Å². The lowest BCUT2D eigenvalue weighted by Gasteiger charge is -2.55. The first-order chi connectivity index (χ1) is 11.4. The van der Waals surface area contributed by atoms with Crippen LogP contribution in [0.15, 0.2) is 30.3 Å². The smallest absolute Gasteiger partial charge is 0.196 e. The molecule has 1 aromatic carbocycles. The predicted octanol–water partition coefficient (Wildman–Crippen LogP) is 3.79. The molecule has 0 N–H and O–H groups in total. The lowest BCUT2D eigenvalue weighted by atomic mass is 9.50. The lowest BCUT2D eigenvalue weighted by molar-refractivity contribution is 0.0902. The van der Waals surface area contributed by atoms with Crippen molar-refractivity contribution in [2.75, 3.05) is 5.75 Å². The van der Waals surface area contributed by atoms with E-state index in [1.165, 1.54) is 11.8 Å². The molecule has 6 heteroatoms. The summed E-state index contributed by atoms with van der Waals surface area (Å²) in [6, 6.07) is 17.8. The number of benzene rings is 1. The van der Waals surface area contributed by atoms with E-state index in [2.05, 4.69) is 24.3 Å². The molecule has 2 atom stereocenters. The molecular formula is C18H14N4S2. The van der Waals surface area contributed by atoms with E-state index in [1.54, 1.807) is 11.8 Å². The van der Waals surface area contributed by atoms with Gasteiger partial charge in [0.2, 0.25) is 5.41 Å². The third-order valence-electron chi connectivity index (χ3n) is 5.40. The Bertz CT molecular complexity index is 822. The molecule has 1 aromatic rings. The molecule has 2 aliphatic heterocycles. The normalized spacial score (nSPS) is 31.0. The van der Waals surface area contributed by atoms with E-state index >= 15 is 0 Å². The summed E-state index contributed by atoms with van der Waals surface area (Å²) in [7, 11) is 0. The topological polar surface area (TPSA) is 95.2 Å². The van der Waals surface area contributed by atoms with Crippen molar-refractivity contribution in [1.29, 1.82) is 21.0 Å². The van der Waals surface area contributed by atoms with Gasteiger partial charge in [0.15, 0.2) is 5.41 Å². The molecule has 2 saturated heterocycles. The van der Waals surface area contributed by atoms with Crippen molar-refractivity contribution in [3.8, 4) is 24.3 Å². The Kier molecular flexibility index (Phi) is 3.62. The Morgan fingerprint density at radius 1 is 0.917 bits per heavy atom. The van der Waals surface area contributed by atoms with E-state index in [9.17, 15) is 21.0 Å². The van der Waals surface area contributed by atoms with Gasteiger partial charge in [-0.15, -0.1) is 23.5 Å². The molecule has 0 amide bonds. The van der Waals surface area contributed by atoms with Crippen LogP contribution in [-0.4, -0.2) is 11.0 Å². The Balaban J connectivity index is 2.44. The zero-order valence-electron chi connectivity index (χ0n) is 13.3. The highest BCUT2D eigenvalue weighted by Gasteiger charge is 2.80. The SMILES string of the molecule is CC1(C)[C@H]2CS[C@@](c3ccccc3)(S2)C(C#N)(C#N)C1(C#N)C#N. The standard InChI is InChI=1S/C18H14N4S2/c1-15(2)14-8-23-18(24-14,13-6-4-3-5-7-13)17(11-21,12-22)16(15,9-19)10-20/h3-7,14H,8H2,1-2H3/t14-,18+/m1/s1. The molecule has 0 radical (unpaired) electrons. The zero-order chi connectivity index (χ0) is 17.6. The molecule has 2 bridgehead atoms. The second-order valence-corrected chi connectivity index (χ2v) is 9.48. The van der Waals surface area contributed by atoms with Gasteiger partial charge < -0.3 is 0 Å². The number of nitrogens with zero attached hydrogens (tertiary/aromatic N) is 4. The minimum atomic E-state index is -1.77. The van der Waals surface area contributed by atoms with Gasteiger partial charge in [-0.25, -0.2) is 0 Å². The second kappa shape index (κ2) is 5.19. The van der Waals surface area contributed by atoms with Crippen LogP contribution in [0.25, 0.3) is 0 Å². The van der Waals surface area contributed by atoms with Gasteiger partial charge in [-0.2, -0.15) is 21.0 Å². The van der Waals surface area contributed by atoms with Gasteiger partial charge in [0.05, 0.1) is 24.3 Å². The molecule has 2 fully saturated rings. The Morgan fingerprint density at radius 2 is 1.46 bits per heavy atom. The van der Waals surface area contributed by atoms with Gasteiger partial charge >= 0.3 is 0 Å². The van der Waals surface area contributed by atoms with Crippen molar-refractivity contribution < 1.29 is 0 Å². The van der Waals surface area contributed by atoms with Crippen molar-refractivity contribution in [3.63, 3.8) is 0 Å². The van der Waals surface area contributed by atoms with Crippen molar-refractivity contribution in [2.24, 2.45) is 16.2 Å². The maximum Gasteiger partial charge on any atom is 0.203 e. The number of hydrogen-bond donors (Lipinski definition) is 0. The fraction of sp³-hybridized carbons (Fsp3) is 0.444. The molecule has 0 unspecified atom stereocenters. The lowest BCUT2D eigenvalue weighted by Crippen LogP contribution is -2.61. The van der Waals surface area contributed by atoms with Gasteiger partial charge in [0.25, 0.3) is 0 Å². The molecule has 118 valence electrons. The highest BCUT2D eigenvalue weighted by molar-refractivity contribution is 8.21. The van der Waals surface area contributed by atoms with Crippen LogP contribution in [0, 0.1) is 61.6 Å². The van der Waals surface area contributed by atoms with E-state index in [0.29, 0.717) is 5.75 Å². The van der Waals surface area contributed by atoms with Crippen molar-refractivity contribution in [3.05, 3.63) is 35.9 Å². The van der Waals surface area contributed by atoms with E-state index in [0.717, 1.165) is 5.56 Å². The first kappa shape index (κ1) is 16.7. The van der Waals surface area contributed by atoms with Crippen LogP contribution in [0.1, 0.15) is 19.4 Å². The summed E-state index contributed by atoms with van der Waals surface area (Å²) in [6.45, 7) is 3.67. The summed E-state index contributed by atoms with van der Waals surface area (Å²) in [5.74, 6) is 0.697. The molecule has 0 saturated carbocycles. The molecule has 2 aliphatic rings. The molecule has 4 nitrogen and oxygen atoms in total. The average Bonchev–Trinajstić information content (AvgIpc) is 3.05. The third kappa shape index (κ3) is 1.54. The van der Waals surface area contributed by atoms with Crippen LogP contribution < -0.4 is 0 Å². The molecule has 3 rings (SSSR count). The van der Waals surface area contributed by atoms with Gasteiger partial charge in [-0.05, 0) is 5.56 Å². The van der Waals surface area contributed by atoms with E-state index in [1.807, 2.05) is 44.2 Å². The van der Waals surface area contributed by atoms with Crippen LogP contribution in [0.5, 0.6) is 0 Å². The minimum Gasteiger partial charge on any atom is -0.196 e. The Hall–Kier alpha value is -2.12. The first-order valence-electron chi connectivity index (χ1n) is 7.43. The summed E-state index contributed by atoms with van der Waals surface area (Å²) in [5, 5.41) is 40.3. The average molecular weight is 350 g/mol. The summed E-state index contributed by atoms with van der Waals surface area (Å²) in [6.07, 6.45) is 0. The van der Waals surface area contributed by atoms with Gasteiger partial charge in [-0.3, -0.25) is 0 Å². The first-order valence-corrected chi connectivity index (χ1v) is 9.30. The van der Waals surface area contributed by atoms with Crippen LogP contribution in [0.3, 0.4) is 0 Å². The van der Waals surface area contributed by atoms with Crippen LogP contribution in [-0.2, 0) is 4.08 Å². The van der Waals surface area contributed by atoms with Crippen molar-refractivity contribution in [2.45, 2.75) is 23.2 Å². The minimum absolute atomic E-state index is 0.0110. The van der Waals surface area contributed by atoms with E-state index in [-0.39, 0.29) is 5.25 Å². The fourth-order valence-electron chi connectivity index (χ4n) is 3.83. The Labute approximate surface area is 150 Å². The predicted molar refractivity (Wildman–Crippen MR) is 93.1 cm³/mol. The molecule has 0 aliphatic carbocycles. The quantitative estimate of drug-likeness (QED) is 0.764. The van der Waals surface area contributed by atoms with Gasteiger partial charge in [-0.1, -0.05) is 44.2 Å². The fourth-order valence-corrected chi connectivity index (χ4v) is 8.26. The highest BCUT2D eigenvalue weighted by atomic mass is 32.2. The summed E-state index contributed by atoms with van der Waals surface area (Å²) < 4.78 is -0.941. The van der Waals surface area contributed by atoms with E-state index in [4.69, 9.17) is 0 Å². The highest BCUT2D eigenvalue weighted by Crippen LogP contribution is 2.78. The van der Waals surface area contributed by atoms with Crippen LogP contribution >= 0.6 is 23.5 Å². The number of hydrogen-bond acceptors (Lipinski definition) is 6. The molecule has 0 spiro atoms. The molecule has 2 heterocycles. The molecule has 24 heavy (non-hydrogen) atoms. The number of fused-ring (bicyclic) bond motifs is 2. The number of rotatable bonds is 1. The maximum absolute atomic E-state index is 10.1. The Morgan fingerprint density at radius 3 is 1.96 bits per heavy atom. The zero-order valence-corrected chi connectivity index (χ0v) is 14.9. The summed E-state index contributed by atoms with van der Waals surface area (Å²) in [5.41, 5.74) is -3.44. The summed E-state index contributed by atoms with van der Waals surface area (Å²) >= 11 is 3.09. The number of nitriles is 4. The van der Waals surface area contributed by atoms with E-state index < -0.39 is 20.3 Å². The maximum atomic E-state index is 10.1. The summed E-state index contributed by atoms with van der Waals surface area (Å²) in [4.78, 5) is 0. The van der Waals surface area contributed by atoms with Crippen LogP contribution in [0.4, 0.5) is 0 Å². The van der Waals surface area contributed by atoms with Crippen molar-refractivity contribution in [1.82, 2.24) is 0 Å². The molecular weight excluding hydrogens is 336 g/mol. The third-order valence-corrected chi connectivity index (χ3v) is 9.61. The monoisotopic (exact) mass is 350 g/mol. The largest absolute Gasteiger partial charge is 0.203 e. The second-order valence-electron chi connectivity index (χ2n) is 6.57. The van der Waals surface area contributed by atoms with Gasteiger partial charge in [0, 0.05) is 16.4 Å². The number of thioether (sulfide) groups is 2. The van der Waals surface area contributed by atoms with Gasteiger partial charge in [0.1, 0.15) is 4.08 Å². The van der Waals surface area contributed by atoms with Crippen LogP contribution in [0.2, 0.25) is 0 Å². The molecule has 0 aromatic heterocycles.